The minimum absolute atomic E-state index is 0.0649. The summed E-state index contributed by atoms with van der Waals surface area (Å²) in [5.74, 6) is -1.60. The zero-order chi connectivity index (χ0) is 18.9. The molecule has 0 spiro atoms. The number of halogens is 9. The summed E-state index contributed by atoms with van der Waals surface area (Å²) in [6, 6.07) is 0.746. The van der Waals surface area contributed by atoms with Gasteiger partial charge in [0.05, 0.1) is 16.8 Å². The Morgan fingerprint density at radius 1 is 1.12 bits per heavy atom. The Balaban J connectivity index is 3.50. The molecule has 14 heteroatoms. The number of carbonyl (C=O) groups excluding carboxylic acids is 1. The molecule has 1 amide bonds. The summed E-state index contributed by atoms with van der Waals surface area (Å²) in [6.07, 6.45) is -10.6. The molecule has 1 rings (SSSR count). The number of carbonyl (C=O) groups is 1. The Hall–Kier alpha value is -1.11. The Morgan fingerprint density at radius 2 is 1.67 bits per heavy atom. The van der Waals surface area contributed by atoms with Gasteiger partial charge >= 0.3 is 16.4 Å². The Kier molecular flexibility index (Phi) is 6.12. The lowest BCUT2D eigenvalue weighted by Crippen LogP contribution is -2.34. The molecule has 1 aromatic rings. The number of benzene rings is 1. The first-order valence-corrected chi connectivity index (χ1v) is 6.98. The van der Waals surface area contributed by atoms with Crippen LogP contribution in [0.15, 0.2) is 18.2 Å². The molecule has 0 aliphatic heterocycles. The van der Waals surface area contributed by atoms with Crippen LogP contribution in [0.3, 0.4) is 0 Å². The number of hydroxylamine groups is 1. The average molecular weight is 421 g/mol. The Labute approximate surface area is 143 Å². The van der Waals surface area contributed by atoms with E-state index in [9.17, 15) is 35.5 Å². The summed E-state index contributed by atoms with van der Waals surface area (Å²) in [4.78, 5) is 11.2. The molecule has 0 saturated carbocycles. The maximum absolute atomic E-state index is 13.1. The number of nitrogens with one attached hydrogen (secondary N) is 1. The van der Waals surface area contributed by atoms with Gasteiger partial charge in [0.2, 0.25) is 0 Å². The zero-order valence-corrected chi connectivity index (χ0v) is 13.2. The minimum atomic E-state index is -5.35. The topological polar surface area (TPSA) is 52.6 Å². The molecular formula is C10H5Cl2F7N2O2S. The van der Waals surface area contributed by atoms with E-state index in [4.69, 9.17) is 28.4 Å². The molecular weight excluding hydrogens is 416 g/mol. The number of anilines is 1. The van der Waals surface area contributed by atoms with Crippen LogP contribution in [0.5, 0.6) is 0 Å². The molecule has 4 nitrogen and oxygen atoms in total. The number of alkyl halides is 9. The van der Waals surface area contributed by atoms with Crippen molar-refractivity contribution >= 4 is 46.7 Å². The van der Waals surface area contributed by atoms with Crippen molar-refractivity contribution in [1.29, 1.82) is 0 Å². The second kappa shape index (κ2) is 7.02. The van der Waals surface area contributed by atoms with Crippen LogP contribution in [0.2, 0.25) is 0 Å². The van der Waals surface area contributed by atoms with E-state index < -0.39 is 55.4 Å². The van der Waals surface area contributed by atoms with E-state index in [1.807, 2.05) is 0 Å². The SMILES string of the molecule is O=C(NO)c1ccc(N(SC(F)(Cl)Cl)C(F)(F)F)cc1C(F)(F)F. The Bertz CT molecular complexity index is 619. The number of amides is 1. The van der Waals surface area contributed by atoms with Crippen molar-refractivity contribution in [3.63, 3.8) is 0 Å². The van der Waals surface area contributed by atoms with E-state index in [1.165, 1.54) is 0 Å². The van der Waals surface area contributed by atoms with Gasteiger partial charge in [-0.2, -0.15) is 17.6 Å². The summed E-state index contributed by atoms with van der Waals surface area (Å²) in [6.45, 7) is 0. The third-order valence-corrected chi connectivity index (χ3v) is 3.54. The molecule has 0 atom stereocenters. The number of hydrogen-bond donors (Lipinski definition) is 2. The van der Waals surface area contributed by atoms with Crippen LogP contribution in [0, 0.1) is 0 Å². The Morgan fingerprint density at radius 3 is 2.04 bits per heavy atom. The van der Waals surface area contributed by atoms with Crippen molar-refractivity contribution in [1.82, 2.24) is 5.48 Å². The summed E-state index contributed by atoms with van der Waals surface area (Å²) < 4.78 is 86.3. The first kappa shape index (κ1) is 20.9. The molecule has 2 N–H and O–H groups in total. The maximum Gasteiger partial charge on any atom is 0.495 e. The molecule has 0 fully saturated rings. The number of hydrogen-bond acceptors (Lipinski definition) is 4. The molecule has 0 aliphatic rings. The fraction of sp³-hybridized carbons (Fsp3) is 0.300. The van der Waals surface area contributed by atoms with Crippen LogP contribution in [-0.4, -0.2) is 21.3 Å². The predicted octanol–water partition coefficient (Wildman–Crippen LogP) is 4.86. The van der Waals surface area contributed by atoms with Crippen LogP contribution in [0.1, 0.15) is 15.9 Å². The number of nitrogens with zero attached hydrogens (tertiary/aromatic N) is 1. The third kappa shape index (κ3) is 5.46. The predicted molar refractivity (Wildman–Crippen MR) is 72.4 cm³/mol. The molecule has 0 bridgehead atoms. The third-order valence-electron chi connectivity index (χ3n) is 2.31. The van der Waals surface area contributed by atoms with Crippen LogP contribution < -0.4 is 9.79 Å². The van der Waals surface area contributed by atoms with Gasteiger partial charge in [0.25, 0.3) is 5.91 Å². The van der Waals surface area contributed by atoms with Crippen molar-refractivity contribution in [3.05, 3.63) is 29.3 Å². The van der Waals surface area contributed by atoms with Gasteiger partial charge in [-0.3, -0.25) is 10.0 Å². The van der Waals surface area contributed by atoms with Crippen molar-refractivity contribution in [2.45, 2.75) is 16.4 Å². The van der Waals surface area contributed by atoms with Gasteiger partial charge < -0.3 is 0 Å². The van der Waals surface area contributed by atoms with Gasteiger partial charge in [-0.05, 0) is 18.2 Å². The van der Waals surface area contributed by atoms with E-state index in [0.717, 1.165) is 5.48 Å². The standard InChI is InChI=1S/C10H5Cl2F7N2O2S/c11-9(12,16)24-21(10(17,18)19)4-1-2-5(7(22)20-23)6(3-4)8(13,14)15/h1-3,23H,(H,20,22). The lowest BCUT2D eigenvalue weighted by molar-refractivity contribution is -0.138. The van der Waals surface area contributed by atoms with E-state index in [1.54, 1.807) is 0 Å². The molecule has 0 aliphatic carbocycles. The van der Waals surface area contributed by atoms with Gasteiger partial charge in [0.15, 0.2) is 0 Å². The second-order valence-corrected chi connectivity index (χ2v) is 6.76. The fourth-order valence-electron chi connectivity index (χ4n) is 1.51. The maximum atomic E-state index is 13.1. The first-order valence-electron chi connectivity index (χ1n) is 5.45. The lowest BCUT2D eigenvalue weighted by Gasteiger charge is -2.28. The normalized spacial score (nSPS) is 12.9. The molecule has 0 unspecified atom stereocenters. The summed E-state index contributed by atoms with van der Waals surface area (Å²) in [5.41, 5.74) is -3.21. The largest absolute Gasteiger partial charge is 0.495 e. The van der Waals surface area contributed by atoms with Crippen molar-refractivity contribution in [3.8, 4) is 0 Å². The highest BCUT2D eigenvalue weighted by molar-refractivity contribution is 8.04. The molecule has 0 radical (unpaired) electrons. The summed E-state index contributed by atoms with van der Waals surface area (Å²) in [5, 5.41) is 8.39. The monoisotopic (exact) mass is 420 g/mol. The smallest absolute Gasteiger partial charge is 0.288 e. The molecule has 0 saturated heterocycles. The van der Waals surface area contributed by atoms with Crippen LogP contribution in [-0.2, 0) is 6.18 Å². The number of rotatable bonds is 4. The fourth-order valence-corrected chi connectivity index (χ4v) is 2.45. The van der Waals surface area contributed by atoms with Crippen LogP contribution >= 0.6 is 35.1 Å². The summed E-state index contributed by atoms with van der Waals surface area (Å²) in [7, 11) is 0. The van der Waals surface area contributed by atoms with Crippen LogP contribution in [0.4, 0.5) is 36.4 Å². The second-order valence-electron chi connectivity index (χ2n) is 3.97. The van der Waals surface area contributed by atoms with E-state index in [2.05, 4.69) is 0 Å². The molecule has 24 heavy (non-hydrogen) atoms. The molecule has 0 aromatic heterocycles. The first-order chi connectivity index (χ1) is 10.7. The highest BCUT2D eigenvalue weighted by Gasteiger charge is 2.45. The van der Waals surface area contributed by atoms with Crippen molar-refractivity contribution in [2.24, 2.45) is 0 Å². The van der Waals surface area contributed by atoms with Crippen molar-refractivity contribution in [2.75, 3.05) is 4.31 Å². The highest BCUT2D eigenvalue weighted by atomic mass is 35.5. The van der Waals surface area contributed by atoms with Gasteiger partial charge in [0, 0.05) is 11.9 Å². The van der Waals surface area contributed by atoms with Gasteiger partial charge in [0.1, 0.15) is 0 Å². The van der Waals surface area contributed by atoms with E-state index in [-0.39, 0.29) is 6.07 Å². The summed E-state index contributed by atoms with van der Waals surface area (Å²) >= 11 is 8.79. The minimum Gasteiger partial charge on any atom is -0.288 e. The average Bonchev–Trinajstić information content (AvgIpc) is 2.40. The van der Waals surface area contributed by atoms with Gasteiger partial charge in [-0.1, -0.05) is 23.2 Å². The van der Waals surface area contributed by atoms with Gasteiger partial charge in [-0.25, -0.2) is 9.79 Å². The molecule has 1 aromatic carbocycles. The molecule has 0 heterocycles. The van der Waals surface area contributed by atoms with Crippen molar-refractivity contribution < 1.29 is 40.7 Å². The zero-order valence-electron chi connectivity index (χ0n) is 10.8. The van der Waals surface area contributed by atoms with Crippen LogP contribution in [0.25, 0.3) is 0 Å². The molecule has 136 valence electrons. The van der Waals surface area contributed by atoms with E-state index >= 15 is 0 Å². The van der Waals surface area contributed by atoms with Gasteiger partial charge in [-0.15, -0.1) is 13.2 Å². The lowest BCUT2D eigenvalue weighted by atomic mass is 10.1. The highest BCUT2D eigenvalue weighted by Crippen LogP contribution is 2.47. The van der Waals surface area contributed by atoms with E-state index in [0.29, 0.717) is 12.1 Å². The quantitative estimate of drug-likeness (QED) is 0.182.